The number of hydrogen-bond donors (Lipinski definition) is 0. The standard InChI is InChI=1S/C29H42N2O4S/c1-22(17-18-31(4)5)11-6-8-14-26-20-27-30-25(21-36-27)13-7-9-15-28(32)34-24(3)19-23(2)12-10-16-29(33)35-26/h6,10-12,16-17,21,24,26H,7-9,13-15,18-20H2,1-5H3/t24-,26?/m0/s1. The fourth-order valence-corrected chi connectivity index (χ4v) is 4.71. The Morgan fingerprint density at radius 2 is 1.97 bits per heavy atom. The highest BCUT2D eigenvalue weighted by Gasteiger charge is 2.16. The van der Waals surface area contributed by atoms with Gasteiger partial charge in [0.1, 0.15) is 12.2 Å². The van der Waals surface area contributed by atoms with E-state index < -0.39 is 0 Å². The van der Waals surface area contributed by atoms with Crippen LogP contribution in [0.25, 0.3) is 0 Å². The van der Waals surface area contributed by atoms with Crippen LogP contribution in [0.5, 0.6) is 0 Å². The smallest absolute Gasteiger partial charge is 0.331 e. The molecule has 2 atom stereocenters. The van der Waals surface area contributed by atoms with Gasteiger partial charge in [0, 0.05) is 37.3 Å². The molecule has 2 heterocycles. The molecule has 1 aliphatic rings. The van der Waals surface area contributed by atoms with Crippen LogP contribution in [-0.4, -0.2) is 54.7 Å². The summed E-state index contributed by atoms with van der Waals surface area (Å²) in [5, 5.41) is 3.04. The maximum atomic E-state index is 12.5. The summed E-state index contributed by atoms with van der Waals surface area (Å²) in [6, 6.07) is 0. The molecule has 1 aromatic rings. The van der Waals surface area contributed by atoms with E-state index in [1.165, 1.54) is 11.6 Å². The Labute approximate surface area is 220 Å². The summed E-state index contributed by atoms with van der Waals surface area (Å²) in [5.41, 5.74) is 3.28. The van der Waals surface area contributed by atoms with Crippen molar-refractivity contribution in [3.8, 4) is 0 Å². The zero-order valence-corrected chi connectivity index (χ0v) is 23.3. The van der Waals surface area contributed by atoms with Crippen LogP contribution in [0.15, 0.2) is 53.0 Å². The number of carbonyl (C=O) groups is 2. The van der Waals surface area contributed by atoms with Crippen LogP contribution in [0.4, 0.5) is 0 Å². The summed E-state index contributed by atoms with van der Waals surface area (Å²) in [7, 11) is 4.10. The lowest BCUT2D eigenvalue weighted by atomic mass is 10.1. The number of ether oxygens (including phenoxy) is 2. The van der Waals surface area contributed by atoms with E-state index in [0.29, 0.717) is 19.3 Å². The average Bonchev–Trinajstić information content (AvgIpc) is 3.24. The molecule has 1 unspecified atom stereocenters. The van der Waals surface area contributed by atoms with Gasteiger partial charge in [0.2, 0.25) is 0 Å². The van der Waals surface area contributed by atoms with Crippen molar-refractivity contribution >= 4 is 23.3 Å². The van der Waals surface area contributed by atoms with Gasteiger partial charge in [-0.1, -0.05) is 41.5 Å². The molecular weight excluding hydrogens is 472 g/mol. The number of fused-ring (bicyclic) bond motifs is 2. The van der Waals surface area contributed by atoms with E-state index in [1.807, 2.05) is 34.0 Å². The Morgan fingerprint density at radius 3 is 2.75 bits per heavy atom. The third-order valence-corrected chi connectivity index (χ3v) is 6.64. The quantitative estimate of drug-likeness (QED) is 0.343. The molecule has 0 saturated carbocycles. The highest BCUT2D eigenvalue weighted by Crippen LogP contribution is 2.19. The number of rotatable bonds is 6. The van der Waals surface area contributed by atoms with Crippen LogP contribution in [0.1, 0.15) is 70.0 Å². The van der Waals surface area contributed by atoms with Crippen molar-refractivity contribution in [2.45, 2.75) is 84.3 Å². The number of thiazole rings is 1. The van der Waals surface area contributed by atoms with Crippen molar-refractivity contribution < 1.29 is 19.1 Å². The number of cyclic esters (lactones) is 2. The molecule has 0 saturated heterocycles. The number of aromatic nitrogens is 1. The number of esters is 2. The Morgan fingerprint density at radius 1 is 1.19 bits per heavy atom. The average molecular weight is 515 g/mol. The van der Waals surface area contributed by atoms with Gasteiger partial charge in [0.25, 0.3) is 0 Å². The van der Waals surface area contributed by atoms with Gasteiger partial charge in [-0.3, -0.25) is 4.79 Å². The lowest BCUT2D eigenvalue weighted by Crippen LogP contribution is -2.19. The van der Waals surface area contributed by atoms with Crippen LogP contribution in [0.2, 0.25) is 0 Å². The third-order valence-electron chi connectivity index (χ3n) is 5.72. The minimum Gasteiger partial charge on any atom is -0.462 e. The van der Waals surface area contributed by atoms with Gasteiger partial charge < -0.3 is 14.4 Å². The zero-order valence-electron chi connectivity index (χ0n) is 22.5. The van der Waals surface area contributed by atoms with E-state index in [0.717, 1.165) is 54.9 Å². The first-order chi connectivity index (χ1) is 17.2. The minimum atomic E-state index is -0.357. The van der Waals surface area contributed by atoms with Crippen molar-refractivity contribution in [3.05, 3.63) is 63.7 Å². The molecule has 0 aliphatic carbocycles. The summed E-state index contributed by atoms with van der Waals surface area (Å²) in [4.78, 5) is 31.5. The summed E-state index contributed by atoms with van der Waals surface area (Å²) >= 11 is 1.61. The molecule has 1 aliphatic heterocycles. The molecule has 0 amide bonds. The van der Waals surface area contributed by atoms with Crippen LogP contribution in [-0.2, 0) is 31.9 Å². The fraction of sp³-hybridized carbons (Fsp3) is 0.552. The highest BCUT2D eigenvalue weighted by molar-refractivity contribution is 7.09. The predicted octanol–water partition coefficient (Wildman–Crippen LogP) is 5.99. The summed E-state index contributed by atoms with van der Waals surface area (Å²) < 4.78 is 11.3. The molecule has 7 heteroatoms. The fourth-order valence-electron chi connectivity index (χ4n) is 3.82. The molecule has 0 fully saturated rings. The molecule has 0 aromatic carbocycles. The van der Waals surface area contributed by atoms with E-state index in [4.69, 9.17) is 14.5 Å². The molecule has 0 N–H and O–H groups in total. The van der Waals surface area contributed by atoms with Crippen LogP contribution >= 0.6 is 11.3 Å². The van der Waals surface area contributed by atoms with Gasteiger partial charge in [-0.05, 0) is 67.0 Å². The topological polar surface area (TPSA) is 68.7 Å². The predicted molar refractivity (Wildman–Crippen MR) is 147 cm³/mol. The Hall–Kier alpha value is -2.51. The van der Waals surface area contributed by atoms with Crippen molar-refractivity contribution in [3.63, 3.8) is 0 Å². The van der Waals surface area contributed by atoms with E-state index in [2.05, 4.69) is 35.4 Å². The second-order valence-corrected chi connectivity index (χ2v) is 10.7. The van der Waals surface area contributed by atoms with Gasteiger partial charge in [-0.25, -0.2) is 9.78 Å². The van der Waals surface area contributed by atoms with Crippen LogP contribution < -0.4 is 0 Å². The minimum absolute atomic E-state index is 0.161. The van der Waals surface area contributed by atoms with Crippen molar-refractivity contribution in [2.75, 3.05) is 20.6 Å². The molecule has 36 heavy (non-hydrogen) atoms. The molecule has 0 radical (unpaired) electrons. The largest absolute Gasteiger partial charge is 0.462 e. The number of aryl methyl sites for hydroxylation is 1. The first-order valence-corrected chi connectivity index (χ1v) is 13.7. The molecule has 198 valence electrons. The van der Waals surface area contributed by atoms with Crippen molar-refractivity contribution in [1.82, 2.24) is 9.88 Å². The molecule has 1 aromatic heterocycles. The highest BCUT2D eigenvalue weighted by atomic mass is 32.1. The lowest BCUT2D eigenvalue weighted by Gasteiger charge is -2.15. The monoisotopic (exact) mass is 514 g/mol. The van der Waals surface area contributed by atoms with Crippen LogP contribution in [0.3, 0.4) is 0 Å². The van der Waals surface area contributed by atoms with E-state index in [-0.39, 0.29) is 24.1 Å². The van der Waals surface area contributed by atoms with Crippen LogP contribution in [0, 0.1) is 0 Å². The first-order valence-electron chi connectivity index (χ1n) is 12.9. The van der Waals surface area contributed by atoms with Gasteiger partial charge in [-0.15, -0.1) is 11.3 Å². The number of allylic oxidation sites excluding steroid dienone is 5. The maximum absolute atomic E-state index is 12.5. The molecule has 0 spiro atoms. The number of likely N-dealkylation sites (N-methyl/N-ethyl adjacent to an activating group) is 1. The van der Waals surface area contributed by atoms with E-state index in [1.54, 1.807) is 17.4 Å². The first kappa shape index (κ1) is 29.7. The number of nitrogens with zero attached hydrogens (tertiary/aromatic N) is 2. The number of hydrogen-bond acceptors (Lipinski definition) is 7. The number of carbonyl (C=O) groups excluding carboxylic acids is 2. The molecular formula is C29H42N2O4S. The van der Waals surface area contributed by atoms with Gasteiger partial charge in [0.05, 0.1) is 10.7 Å². The maximum Gasteiger partial charge on any atom is 0.331 e. The van der Waals surface area contributed by atoms with Gasteiger partial charge in [0.15, 0.2) is 0 Å². The van der Waals surface area contributed by atoms with Gasteiger partial charge in [-0.2, -0.15) is 0 Å². The molecule has 2 rings (SSSR count). The van der Waals surface area contributed by atoms with Crippen molar-refractivity contribution in [1.29, 1.82) is 0 Å². The molecule has 2 bridgehead atoms. The van der Waals surface area contributed by atoms with Crippen molar-refractivity contribution in [2.24, 2.45) is 0 Å². The summed E-state index contributed by atoms with van der Waals surface area (Å²) in [6.45, 7) is 6.86. The lowest BCUT2D eigenvalue weighted by molar-refractivity contribution is -0.148. The third kappa shape index (κ3) is 13.0. The Kier molecular flexibility index (Phi) is 13.4. The Balaban J connectivity index is 2.08. The van der Waals surface area contributed by atoms with Gasteiger partial charge >= 0.3 is 11.9 Å². The second kappa shape index (κ2) is 16.3. The summed E-state index contributed by atoms with van der Waals surface area (Å²) in [6.07, 6.45) is 16.8. The molecule has 6 nitrogen and oxygen atoms in total. The SMILES string of the molecule is CC(C=CCCC1Cc2nc(cs2)CCCCC(=O)O[C@@H](C)CC(C)=CC=CC(=O)O1)=CCN(C)C. The zero-order chi connectivity index (χ0) is 26.3. The van der Waals surface area contributed by atoms with E-state index >= 15 is 0 Å². The normalized spacial score (nSPS) is 21.5. The summed E-state index contributed by atoms with van der Waals surface area (Å²) in [5.74, 6) is -0.518. The second-order valence-electron chi connectivity index (χ2n) is 9.77. The van der Waals surface area contributed by atoms with E-state index in [9.17, 15) is 9.59 Å². The Bertz CT molecular complexity index is 958.